The highest BCUT2D eigenvalue weighted by Gasteiger charge is 2.61. The molecule has 5 nitrogen and oxygen atoms in total. The zero-order valence-electron chi connectivity index (χ0n) is 13.2. The fourth-order valence-electron chi connectivity index (χ4n) is 3.12. The molecule has 25 heavy (non-hydrogen) atoms. The molecule has 0 radical (unpaired) electrons. The van der Waals surface area contributed by atoms with Gasteiger partial charge in [-0.25, -0.2) is 0 Å². The summed E-state index contributed by atoms with van der Waals surface area (Å²) in [6.07, 6.45) is -0.411. The van der Waals surface area contributed by atoms with E-state index in [2.05, 4.69) is 15.3 Å². The summed E-state index contributed by atoms with van der Waals surface area (Å²) in [6, 6.07) is 2.82. The van der Waals surface area contributed by atoms with Gasteiger partial charge < -0.3 is 10.4 Å². The van der Waals surface area contributed by atoms with E-state index >= 15 is 0 Å². The lowest BCUT2D eigenvalue weighted by molar-refractivity contribution is -0.291. The van der Waals surface area contributed by atoms with E-state index in [1.165, 1.54) is 6.20 Å². The van der Waals surface area contributed by atoms with Crippen LogP contribution in [0.2, 0.25) is 0 Å². The van der Waals surface area contributed by atoms with Crippen LogP contribution in [0.5, 0.6) is 0 Å². The zero-order valence-corrected chi connectivity index (χ0v) is 13.2. The van der Waals surface area contributed by atoms with Gasteiger partial charge in [0.2, 0.25) is 0 Å². The molecule has 2 aliphatic carbocycles. The molecular weight excluding hydrogens is 335 g/mol. The van der Waals surface area contributed by atoms with Crippen molar-refractivity contribution < 1.29 is 23.1 Å². The second-order valence-corrected chi connectivity index (χ2v) is 6.91. The van der Waals surface area contributed by atoms with E-state index in [4.69, 9.17) is 0 Å². The van der Waals surface area contributed by atoms with E-state index in [0.717, 1.165) is 24.1 Å². The predicted octanol–water partition coefficient (Wildman–Crippen LogP) is 2.69. The summed E-state index contributed by atoms with van der Waals surface area (Å²) in [6.45, 7) is 0. The molecule has 2 aromatic rings. The lowest BCUT2D eigenvalue weighted by atomic mass is 9.75. The molecular formula is C17H16F3N3O2. The van der Waals surface area contributed by atoms with Crippen molar-refractivity contribution in [1.29, 1.82) is 0 Å². The molecule has 0 aliphatic heterocycles. The van der Waals surface area contributed by atoms with Gasteiger partial charge in [-0.05, 0) is 25.0 Å². The third-order valence-corrected chi connectivity index (χ3v) is 4.88. The molecule has 2 aromatic heterocycles. The first kappa shape index (κ1) is 16.3. The van der Waals surface area contributed by atoms with Crippen molar-refractivity contribution in [3.63, 3.8) is 0 Å². The Balaban J connectivity index is 1.45. The highest BCUT2D eigenvalue weighted by atomic mass is 19.4. The molecule has 1 amide bonds. The van der Waals surface area contributed by atoms with Crippen LogP contribution in [0.4, 0.5) is 13.2 Å². The van der Waals surface area contributed by atoms with E-state index in [-0.39, 0.29) is 5.56 Å². The van der Waals surface area contributed by atoms with Gasteiger partial charge >= 0.3 is 6.18 Å². The van der Waals surface area contributed by atoms with Crippen molar-refractivity contribution in [3.05, 3.63) is 35.8 Å². The molecule has 8 heteroatoms. The van der Waals surface area contributed by atoms with Crippen LogP contribution >= 0.6 is 0 Å². The molecule has 2 aliphatic rings. The summed E-state index contributed by atoms with van der Waals surface area (Å²) in [5.74, 6) is -0.00457. The Morgan fingerprint density at radius 2 is 1.92 bits per heavy atom. The highest BCUT2D eigenvalue weighted by molar-refractivity contribution is 5.97. The predicted molar refractivity (Wildman–Crippen MR) is 83.0 cm³/mol. The monoisotopic (exact) mass is 351 g/mol. The van der Waals surface area contributed by atoms with Gasteiger partial charge in [0.05, 0.1) is 11.1 Å². The van der Waals surface area contributed by atoms with Gasteiger partial charge in [0.1, 0.15) is 0 Å². The molecule has 132 valence electrons. The van der Waals surface area contributed by atoms with Crippen LogP contribution in [0.3, 0.4) is 0 Å². The number of nitrogens with one attached hydrogen (secondary N) is 1. The number of fused-ring (bicyclic) bond motifs is 1. The lowest BCUT2D eigenvalue weighted by Crippen LogP contribution is -2.62. The Bertz CT molecular complexity index is 843. The first-order valence-electron chi connectivity index (χ1n) is 8.11. The minimum absolute atomic E-state index is 0.260. The van der Waals surface area contributed by atoms with Crippen molar-refractivity contribution in [2.75, 3.05) is 0 Å². The molecule has 0 atom stereocenters. The number of carbonyl (C=O) groups is 1. The van der Waals surface area contributed by atoms with Crippen molar-refractivity contribution in [2.45, 2.75) is 49.4 Å². The summed E-state index contributed by atoms with van der Waals surface area (Å²) in [4.78, 5) is 20.8. The van der Waals surface area contributed by atoms with Gasteiger partial charge in [-0.1, -0.05) is 0 Å². The molecule has 0 unspecified atom stereocenters. The van der Waals surface area contributed by atoms with Crippen LogP contribution in [-0.4, -0.2) is 38.8 Å². The third-order valence-electron chi connectivity index (χ3n) is 4.88. The molecule has 0 bridgehead atoms. The largest absolute Gasteiger partial charge is 0.417 e. The first-order valence-corrected chi connectivity index (χ1v) is 8.11. The molecule has 0 spiro atoms. The number of aliphatic hydroxyl groups is 1. The van der Waals surface area contributed by atoms with Crippen LogP contribution in [0.15, 0.2) is 24.5 Å². The van der Waals surface area contributed by atoms with Gasteiger partial charge in [-0.2, -0.15) is 13.2 Å². The molecule has 0 aromatic carbocycles. The molecule has 2 saturated carbocycles. The number of aromatic nitrogens is 2. The normalized spacial score (nSPS) is 26.3. The minimum Gasteiger partial charge on any atom is -0.380 e. The molecule has 4 rings (SSSR count). The maximum Gasteiger partial charge on any atom is 0.417 e. The minimum atomic E-state index is -4.68. The van der Waals surface area contributed by atoms with Crippen molar-refractivity contribution >= 4 is 16.8 Å². The quantitative estimate of drug-likeness (QED) is 0.892. The van der Waals surface area contributed by atoms with Crippen molar-refractivity contribution in [1.82, 2.24) is 15.3 Å². The van der Waals surface area contributed by atoms with Crippen LogP contribution in [0, 0.1) is 0 Å². The second kappa shape index (κ2) is 5.39. The Kier molecular flexibility index (Phi) is 3.50. The van der Waals surface area contributed by atoms with E-state index < -0.39 is 36.6 Å². The average molecular weight is 351 g/mol. The van der Waals surface area contributed by atoms with E-state index in [0.29, 0.717) is 11.3 Å². The first-order chi connectivity index (χ1) is 11.7. The van der Waals surface area contributed by atoms with Crippen LogP contribution < -0.4 is 5.32 Å². The fourth-order valence-corrected chi connectivity index (χ4v) is 3.12. The van der Waals surface area contributed by atoms with Gasteiger partial charge in [-0.15, -0.1) is 0 Å². The van der Waals surface area contributed by atoms with Crippen molar-refractivity contribution in [2.24, 2.45) is 0 Å². The number of halogens is 3. The lowest BCUT2D eigenvalue weighted by Gasteiger charge is -2.44. The van der Waals surface area contributed by atoms with E-state index in [9.17, 15) is 23.1 Å². The van der Waals surface area contributed by atoms with Crippen LogP contribution in [0.1, 0.15) is 47.7 Å². The SMILES string of the molecule is O=C(N[C@H]1C[C@](O)(C(F)(F)F)C1)c1cnc2cc(C3CC3)ncc2c1. The number of carbonyl (C=O) groups excluding carboxylic acids is 1. The maximum atomic E-state index is 12.6. The topological polar surface area (TPSA) is 75.1 Å². The number of alkyl halides is 3. The number of pyridine rings is 2. The Labute approximate surface area is 141 Å². The highest BCUT2D eigenvalue weighted by Crippen LogP contribution is 2.45. The summed E-state index contributed by atoms with van der Waals surface area (Å²) in [5, 5.41) is 12.6. The maximum absolute atomic E-state index is 12.6. The van der Waals surface area contributed by atoms with Gasteiger partial charge in [-0.3, -0.25) is 14.8 Å². The third kappa shape index (κ3) is 2.95. The summed E-state index contributed by atoms with van der Waals surface area (Å²) in [5.41, 5.74) is -0.701. The molecule has 0 saturated heterocycles. The van der Waals surface area contributed by atoms with Gasteiger partial charge in [0.25, 0.3) is 5.91 Å². The Morgan fingerprint density at radius 1 is 1.20 bits per heavy atom. The van der Waals surface area contributed by atoms with Crippen molar-refractivity contribution in [3.8, 4) is 0 Å². The van der Waals surface area contributed by atoms with E-state index in [1.807, 2.05) is 6.07 Å². The number of amides is 1. The number of nitrogens with zero attached hydrogens (tertiary/aromatic N) is 2. The standard InChI is InChI=1S/C17H16F3N3O2/c18-17(19,20)16(25)5-12(6-16)23-15(24)11-3-10-7-21-13(9-1-2-9)4-14(10)22-8-11/h3-4,7-9,12,25H,1-2,5-6H2,(H,23,24)/t12-,16+. The van der Waals surface area contributed by atoms with E-state index in [1.54, 1.807) is 12.3 Å². The van der Waals surface area contributed by atoms with Crippen LogP contribution in [-0.2, 0) is 0 Å². The van der Waals surface area contributed by atoms with Gasteiger partial charge in [0, 0.05) is 48.3 Å². The average Bonchev–Trinajstić information content (AvgIpc) is 3.36. The Hall–Kier alpha value is -2.22. The number of hydrogen-bond donors (Lipinski definition) is 2. The van der Waals surface area contributed by atoms with Crippen LogP contribution in [0.25, 0.3) is 10.9 Å². The summed E-state index contributed by atoms with van der Waals surface area (Å²) < 4.78 is 37.8. The fraction of sp³-hybridized carbons (Fsp3) is 0.471. The number of rotatable bonds is 3. The summed E-state index contributed by atoms with van der Waals surface area (Å²) >= 11 is 0. The zero-order chi connectivity index (χ0) is 17.8. The summed E-state index contributed by atoms with van der Waals surface area (Å²) in [7, 11) is 0. The second-order valence-electron chi connectivity index (χ2n) is 6.91. The smallest absolute Gasteiger partial charge is 0.380 e. The Morgan fingerprint density at radius 3 is 2.56 bits per heavy atom. The van der Waals surface area contributed by atoms with Gasteiger partial charge in [0.15, 0.2) is 5.60 Å². The molecule has 2 fully saturated rings. The molecule has 2 N–H and O–H groups in total. The number of hydrogen-bond acceptors (Lipinski definition) is 4. The molecule has 2 heterocycles.